The fourth-order valence-corrected chi connectivity index (χ4v) is 3.17. The first-order valence-electron chi connectivity index (χ1n) is 8.31. The van der Waals surface area contributed by atoms with E-state index in [1.165, 1.54) is 0 Å². The molecule has 1 atom stereocenters. The van der Waals surface area contributed by atoms with E-state index in [9.17, 15) is 4.79 Å². The number of benzene rings is 1. The summed E-state index contributed by atoms with van der Waals surface area (Å²) in [5.74, 6) is 1.94. The van der Waals surface area contributed by atoms with Crippen molar-refractivity contribution in [2.45, 2.75) is 25.3 Å². The van der Waals surface area contributed by atoms with Crippen LogP contribution in [0, 0.1) is 0 Å². The monoisotopic (exact) mass is 345 g/mol. The van der Waals surface area contributed by atoms with Crippen molar-refractivity contribution in [3.05, 3.63) is 35.9 Å². The fourth-order valence-electron chi connectivity index (χ4n) is 3.17. The zero-order valence-electron chi connectivity index (χ0n) is 14.3. The molecule has 3 rings (SSSR count). The molecule has 1 aliphatic heterocycles. The van der Waals surface area contributed by atoms with Crippen molar-refractivity contribution in [2.24, 2.45) is 5.73 Å². The minimum atomic E-state index is -0.516. The number of nitrogens with two attached hydrogens (primary N) is 1. The largest absolute Gasteiger partial charge is 0.493 e. The van der Waals surface area contributed by atoms with Gasteiger partial charge in [-0.05, 0) is 37.1 Å². The lowest BCUT2D eigenvalue weighted by Gasteiger charge is -2.31. The van der Waals surface area contributed by atoms with Gasteiger partial charge in [-0.25, -0.2) is 4.98 Å². The van der Waals surface area contributed by atoms with Crippen molar-refractivity contribution >= 4 is 5.91 Å². The summed E-state index contributed by atoms with van der Waals surface area (Å²) in [6.07, 6.45) is 3.81. The number of hydrogen-bond donors (Lipinski definition) is 2. The third-order valence-corrected chi connectivity index (χ3v) is 4.33. The molecular weight excluding hydrogens is 322 g/mol. The zero-order valence-corrected chi connectivity index (χ0v) is 14.3. The first kappa shape index (κ1) is 17.2. The number of ether oxygens (including phenoxy) is 2. The quantitative estimate of drug-likeness (QED) is 0.777. The van der Waals surface area contributed by atoms with Crippen molar-refractivity contribution in [1.29, 1.82) is 0 Å². The Kier molecular flexibility index (Phi) is 5.49. The van der Waals surface area contributed by atoms with Crippen molar-refractivity contribution in [3.63, 3.8) is 0 Å². The number of amides is 1. The van der Waals surface area contributed by atoms with E-state index in [4.69, 9.17) is 15.2 Å². The molecule has 25 heavy (non-hydrogen) atoms. The van der Waals surface area contributed by atoms with Crippen molar-refractivity contribution in [2.75, 3.05) is 26.8 Å². The van der Waals surface area contributed by atoms with Crippen LogP contribution < -0.4 is 15.2 Å². The Hall–Kier alpha value is -2.61. The highest BCUT2D eigenvalue weighted by Crippen LogP contribution is 2.30. The van der Waals surface area contributed by atoms with Crippen LogP contribution in [0.15, 0.2) is 24.5 Å². The molecule has 0 aliphatic carbocycles. The second kappa shape index (κ2) is 7.98. The Bertz CT molecular complexity index is 704. The van der Waals surface area contributed by atoms with E-state index in [-0.39, 0.29) is 6.61 Å². The average Bonchev–Trinajstić information content (AvgIpc) is 3.15. The molecule has 1 amide bonds. The molecular formula is C17H23N5O3. The van der Waals surface area contributed by atoms with Gasteiger partial charge in [-0.3, -0.25) is 14.8 Å². The average molecular weight is 345 g/mol. The Balaban J connectivity index is 1.64. The van der Waals surface area contributed by atoms with Gasteiger partial charge in [0.2, 0.25) is 0 Å². The number of likely N-dealkylation sites (tertiary alicyclic amines) is 1. The molecule has 1 fully saturated rings. The molecule has 0 saturated carbocycles. The maximum absolute atomic E-state index is 10.9. The number of primary amides is 1. The van der Waals surface area contributed by atoms with Gasteiger partial charge in [-0.1, -0.05) is 6.07 Å². The lowest BCUT2D eigenvalue weighted by atomic mass is 9.97. The van der Waals surface area contributed by atoms with Crippen LogP contribution in [0.4, 0.5) is 0 Å². The Labute approximate surface area is 146 Å². The Morgan fingerprint density at radius 1 is 1.44 bits per heavy atom. The Morgan fingerprint density at radius 2 is 2.32 bits per heavy atom. The molecule has 1 saturated heterocycles. The molecule has 1 aliphatic rings. The minimum Gasteiger partial charge on any atom is -0.493 e. The van der Waals surface area contributed by atoms with Crippen molar-refractivity contribution in [1.82, 2.24) is 20.1 Å². The number of piperidine rings is 1. The molecule has 0 bridgehead atoms. The van der Waals surface area contributed by atoms with Gasteiger partial charge < -0.3 is 15.2 Å². The molecule has 2 heterocycles. The first-order valence-corrected chi connectivity index (χ1v) is 8.31. The van der Waals surface area contributed by atoms with Gasteiger partial charge in [-0.15, -0.1) is 0 Å². The van der Waals surface area contributed by atoms with Crippen LogP contribution in [0.2, 0.25) is 0 Å². The van der Waals surface area contributed by atoms with E-state index in [0.29, 0.717) is 17.4 Å². The van der Waals surface area contributed by atoms with Gasteiger partial charge in [-0.2, -0.15) is 5.10 Å². The molecule has 3 N–H and O–H groups in total. The Morgan fingerprint density at radius 3 is 3.04 bits per heavy atom. The van der Waals surface area contributed by atoms with Crippen molar-refractivity contribution in [3.8, 4) is 11.5 Å². The number of rotatable bonds is 7. The number of hydrogen-bond acceptors (Lipinski definition) is 6. The third-order valence-electron chi connectivity index (χ3n) is 4.33. The van der Waals surface area contributed by atoms with Crippen LogP contribution in [0.1, 0.15) is 30.1 Å². The van der Waals surface area contributed by atoms with E-state index in [0.717, 1.165) is 43.9 Å². The highest BCUT2D eigenvalue weighted by atomic mass is 16.5. The summed E-state index contributed by atoms with van der Waals surface area (Å²) < 4.78 is 10.7. The van der Waals surface area contributed by atoms with Gasteiger partial charge in [0.15, 0.2) is 18.1 Å². The molecule has 1 aromatic heterocycles. The summed E-state index contributed by atoms with van der Waals surface area (Å²) >= 11 is 0. The van der Waals surface area contributed by atoms with E-state index in [2.05, 4.69) is 20.1 Å². The lowest BCUT2D eigenvalue weighted by molar-refractivity contribution is -0.119. The van der Waals surface area contributed by atoms with Crippen molar-refractivity contribution < 1.29 is 14.3 Å². The first-order chi connectivity index (χ1) is 12.2. The molecule has 2 aromatic rings. The lowest BCUT2D eigenvalue weighted by Crippen LogP contribution is -2.34. The molecule has 8 nitrogen and oxygen atoms in total. The SMILES string of the molecule is COc1cc(CN2CCC[C@@H](c3ncn[nH]3)C2)ccc1OCC(N)=O. The molecule has 1 aromatic carbocycles. The predicted molar refractivity (Wildman–Crippen MR) is 91.3 cm³/mol. The maximum atomic E-state index is 10.9. The smallest absolute Gasteiger partial charge is 0.255 e. The van der Waals surface area contributed by atoms with Crippen LogP contribution >= 0.6 is 0 Å². The standard InChI is InChI=1S/C17H23N5O3/c1-24-15-7-12(4-5-14(15)25-10-16(18)23)8-22-6-2-3-13(9-22)17-19-11-20-21-17/h4-5,7,11,13H,2-3,6,8-10H2,1H3,(H2,18,23)(H,19,20,21)/t13-/m1/s1. The minimum absolute atomic E-state index is 0.166. The van der Waals surface area contributed by atoms with Crippen LogP contribution in [-0.4, -0.2) is 52.8 Å². The normalized spacial score (nSPS) is 18.0. The highest BCUT2D eigenvalue weighted by Gasteiger charge is 2.23. The molecule has 8 heteroatoms. The number of carbonyl (C=O) groups excluding carboxylic acids is 1. The number of nitrogens with one attached hydrogen (secondary N) is 1. The number of carbonyl (C=O) groups is 1. The third kappa shape index (κ3) is 4.48. The van der Waals surface area contributed by atoms with E-state index < -0.39 is 5.91 Å². The van der Waals surface area contributed by atoms with Crippen LogP contribution in [0.3, 0.4) is 0 Å². The number of methoxy groups -OCH3 is 1. The summed E-state index contributed by atoms with van der Waals surface area (Å²) in [5.41, 5.74) is 6.24. The van der Waals surface area contributed by atoms with Crippen LogP contribution in [0.25, 0.3) is 0 Å². The summed E-state index contributed by atoms with van der Waals surface area (Å²) in [5, 5.41) is 6.93. The van der Waals surface area contributed by atoms with Gasteiger partial charge >= 0.3 is 0 Å². The summed E-state index contributed by atoms with van der Waals surface area (Å²) in [4.78, 5) is 17.6. The predicted octanol–water partition coefficient (Wildman–Crippen LogP) is 1.06. The van der Waals surface area contributed by atoms with E-state index in [1.807, 2.05) is 18.2 Å². The van der Waals surface area contributed by atoms with Crippen LogP contribution in [0.5, 0.6) is 11.5 Å². The van der Waals surface area contributed by atoms with Crippen LogP contribution in [-0.2, 0) is 11.3 Å². The summed E-state index contributed by atoms with van der Waals surface area (Å²) in [6, 6.07) is 5.74. The highest BCUT2D eigenvalue weighted by molar-refractivity contribution is 5.75. The molecule has 0 spiro atoms. The summed E-state index contributed by atoms with van der Waals surface area (Å²) in [7, 11) is 1.58. The van der Waals surface area contributed by atoms with E-state index >= 15 is 0 Å². The second-order valence-electron chi connectivity index (χ2n) is 6.19. The second-order valence-corrected chi connectivity index (χ2v) is 6.19. The zero-order chi connectivity index (χ0) is 17.6. The van der Waals surface area contributed by atoms with E-state index in [1.54, 1.807) is 13.4 Å². The number of H-pyrrole nitrogens is 1. The molecule has 0 unspecified atom stereocenters. The summed E-state index contributed by atoms with van der Waals surface area (Å²) in [6.45, 7) is 2.64. The van der Waals surface area contributed by atoms with Gasteiger partial charge in [0, 0.05) is 19.0 Å². The van der Waals surface area contributed by atoms with Gasteiger partial charge in [0.25, 0.3) is 5.91 Å². The fraction of sp³-hybridized carbons (Fsp3) is 0.471. The number of aromatic nitrogens is 3. The van der Waals surface area contributed by atoms with Gasteiger partial charge in [0.05, 0.1) is 7.11 Å². The van der Waals surface area contributed by atoms with Gasteiger partial charge in [0.1, 0.15) is 12.2 Å². The number of aromatic amines is 1. The molecule has 134 valence electrons. The topological polar surface area (TPSA) is 106 Å². The number of nitrogens with zero attached hydrogens (tertiary/aromatic N) is 3. The maximum Gasteiger partial charge on any atom is 0.255 e. The molecule has 0 radical (unpaired) electrons.